The highest BCUT2D eigenvalue weighted by molar-refractivity contribution is 6.78. The van der Waals surface area contributed by atoms with Crippen LogP contribution in [-0.4, -0.2) is 38.1 Å². The number of carbonyl (C=O) groups is 2. The Balaban J connectivity index is 1.98. The highest BCUT2D eigenvalue weighted by atomic mass is 16.5. The van der Waals surface area contributed by atoms with E-state index in [9.17, 15) is 14.6 Å². The molecular formula is C22H23BO5. The second-order valence-electron chi connectivity index (χ2n) is 6.10. The van der Waals surface area contributed by atoms with Gasteiger partial charge >= 0.3 is 18.9 Å². The number of hydrogen-bond donors (Lipinski definition) is 1. The lowest BCUT2D eigenvalue weighted by Crippen LogP contribution is -2.42. The molecular weight excluding hydrogens is 355 g/mol. The number of esters is 2. The van der Waals surface area contributed by atoms with Gasteiger partial charge in [0.25, 0.3) is 0 Å². The molecule has 0 saturated carbocycles. The average molecular weight is 378 g/mol. The lowest BCUT2D eigenvalue weighted by molar-refractivity contribution is -0.140. The molecule has 2 aromatic rings. The monoisotopic (exact) mass is 378 g/mol. The lowest BCUT2D eigenvalue weighted by atomic mass is 9.56. The van der Waals surface area contributed by atoms with E-state index >= 15 is 0 Å². The second-order valence-corrected chi connectivity index (χ2v) is 6.10. The minimum absolute atomic E-state index is 0.224. The molecule has 0 unspecified atom stereocenters. The SMILES string of the molecule is COC(=O)C/C=C/c1ccc(B(O)c2ccc(/C=C/CC(=O)OC)cc2)cc1. The summed E-state index contributed by atoms with van der Waals surface area (Å²) in [5.74, 6) is -0.571. The van der Waals surface area contributed by atoms with Gasteiger partial charge in [-0.05, 0) is 22.1 Å². The Labute approximate surface area is 165 Å². The Hall–Kier alpha value is -3.12. The maximum Gasteiger partial charge on any atom is 0.358 e. The molecule has 2 rings (SSSR count). The second kappa shape index (κ2) is 10.9. The van der Waals surface area contributed by atoms with Crippen molar-refractivity contribution in [2.75, 3.05) is 14.2 Å². The third-order valence-corrected chi connectivity index (χ3v) is 4.15. The van der Waals surface area contributed by atoms with Crippen LogP contribution >= 0.6 is 0 Å². The van der Waals surface area contributed by atoms with E-state index < -0.39 is 6.92 Å². The van der Waals surface area contributed by atoms with Crippen LogP contribution in [0.2, 0.25) is 0 Å². The van der Waals surface area contributed by atoms with E-state index in [1.807, 2.05) is 60.7 Å². The molecule has 144 valence electrons. The predicted octanol–water partition coefficient (Wildman–Crippen LogP) is 1.94. The zero-order valence-electron chi connectivity index (χ0n) is 16.0. The van der Waals surface area contributed by atoms with Crippen molar-refractivity contribution in [3.63, 3.8) is 0 Å². The van der Waals surface area contributed by atoms with Gasteiger partial charge < -0.3 is 14.5 Å². The molecule has 0 aliphatic rings. The van der Waals surface area contributed by atoms with Crippen LogP contribution in [0.3, 0.4) is 0 Å². The number of methoxy groups -OCH3 is 2. The van der Waals surface area contributed by atoms with Gasteiger partial charge in [-0.25, -0.2) is 0 Å². The van der Waals surface area contributed by atoms with Crippen molar-refractivity contribution in [3.8, 4) is 0 Å². The zero-order valence-corrected chi connectivity index (χ0v) is 16.0. The summed E-state index contributed by atoms with van der Waals surface area (Å²) in [4.78, 5) is 22.2. The fraction of sp³-hybridized carbons (Fsp3) is 0.182. The molecule has 0 aliphatic carbocycles. The number of ether oxygens (including phenoxy) is 2. The van der Waals surface area contributed by atoms with Gasteiger partial charge in [-0.2, -0.15) is 0 Å². The van der Waals surface area contributed by atoms with Gasteiger partial charge in [0.05, 0.1) is 27.1 Å². The predicted molar refractivity (Wildman–Crippen MR) is 111 cm³/mol. The van der Waals surface area contributed by atoms with Gasteiger partial charge in [-0.3, -0.25) is 9.59 Å². The molecule has 0 fully saturated rings. The van der Waals surface area contributed by atoms with Crippen LogP contribution in [0.1, 0.15) is 24.0 Å². The first-order valence-electron chi connectivity index (χ1n) is 8.88. The summed E-state index contributed by atoms with van der Waals surface area (Å²) in [5.41, 5.74) is 3.43. The first-order valence-corrected chi connectivity index (χ1v) is 8.88. The summed E-state index contributed by atoms with van der Waals surface area (Å²) in [6, 6.07) is 15.0. The molecule has 2 aromatic carbocycles. The topological polar surface area (TPSA) is 72.8 Å². The van der Waals surface area contributed by atoms with Gasteiger partial charge in [0.2, 0.25) is 0 Å². The van der Waals surface area contributed by atoms with Gasteiger partial charge in [-0.15, -0.1) is 0 Å². The van der Waals surface area contributed by atoms with Crippen LogP contribution < -0.4 is 10.9 Å². The van der Waals surface area contributed by atoms with E-state index in [-0.39, 0.29) is 24.8 Å². The quantitative estimate of drug-likeness (QED) is 0.562. The number of benzene rings is 2. The summed E-state index contributed by atoms with van der Waals surface area (Å²) >= 11 is 0. The number of carbonyl (C=O) groups excluding carboxylic acids is 2. The van der Waals surface area contributed by atoms with Gasteiger partial charge in [0, 0.05) is 0 Å². The van der Waals surface area contributed by atoms with Gasteiger partial charge in [0.1, 0.15) is 0 Å². The number of rotatable bonds is 8. The fourth-order valence-corrected chi connectivity index (χ4v) is 2.52. The summed E-state index contributed by atoms with van der Waals surface area (Å²) in [6.45, 7) is -0.735. The van der Waals surface area contributed by atoms with Crippen molar-refractivity contribution in [1.29, 1.82) is 0 Å². The smallest absolute Gasteiger partial charge is 0.358 e. The molecule has 0 saturated heterocycles. The molecule has 0 heterocycles. The maximum atomic E-state index is 11.1. The molecule has 0 amide bonds. The van der Waals surface area contributed by atoms with Crippen molar-refractivity contribution in [2.45, 2.75) is 12.8 Å². The summed E-state index contributed by atoms with van der Waals surface area (Å²) in [6.07, 6.45) is 7.60. The van der Waals surface area contributed by atoms with Crippen LogP contribution in [0.25, 0.3) is 12.2 Å². The molecule has 6 heteroatoms. The molecule has 0 radical (unpaired) electrons. The minimum Gasteiger partial charge on any atom is -0.469 e. The molecule has 0 aliphatic heterocycles. The Kier molecular flexibility index (Phi) is 8.24. The number of hydrogen-bond acceptors (Lipinski definition) is 5. The van der Waals surface area contributed by atoms with Crippen molar-refractivity contribution < 1.29 is 24.1 Å². The average Bonchev–Trinajstić information content (AvgIpc) is 2.74. The van der Waals surface area contributed by atoms with Crippen molar-refractivity contribution in [1.82, 2.24) is 0 Å². The highest BCUT2D eigenvalue weighted by Gasteiger charge is 2.16. The Morgan fingerprint density at radius 2 is 1.14 bits per heavy atom. The van der Waals surface area contributed by atoms with Crippen molar-refractivity contribution >= 4 is 41.9 Å². The van der Waals surface area contributed by atoms with Crippen molar-refractivity contribution in [2.24, 2.45) is 0 Å². The first kappa shape index (κ1) is 21.2. The third kappa shape index (κ3) is 6.56. The van der Waals surface area contributed by atoms with E-state index in [4.69, 9.17) is 0 Å². The van der Waals surface area contributed by atoms with Crippen LogP contribution in [0, 0.1) is 0 Å². The summed E-state index contributed by atoms with van der Waals surface area (Å²) in [5, 5.41) is 10.6. The molecule has 0 aromatic heterocycles. The highest BCUT2D eigenvalue weighted by Crippen LogP contribution is 2.04. The van der Waals surface area contributed by atoms with Crippen LogP contribution in [0.4, 0.5) is 0 Å². The van der Waals surface area contributed by atoms with Gasteiger partial charge in [-0.1, -0.05) is 72.8 Å². The first-order chi connectivity index (χ1) is 13.5. The zero-order chi connectivity index (χ0) is 20.4. The molecule has 28 heavy (non-hydrogen) atoms. The minimum atomic E-state index is -0.735. The molecule has 0 spiro atoms. The molecule has 0 bridgehead atoms. The molecule has 0 atom stereocenters. The molecule has 5 nitrogen and oxygen atoms in total. The third-order valence-electron chi connectivity index (χ3n) is 4.15. The van der Waals surface area contributed by atoms with Crippen molar-refractivity contribution in [3.05, 3.63) is 71.8 Å². The van der Waals surface area contributed by atoms with E-state index in [0.717, 1.165) is 22.1 Å². The maximum absolute atomic E-state index is 11.1. The largest absolute Gasteiger partial charge is 0.469 e. The van der Waals surface area contributed by atoms with Crippen LogP contribution in [0.5, 0.6) is 0 Å². The summed E-state index contributed by atoms with van der Waals surface area (Å²) in [7, 11) is 2.72. The fourth-order valence-electron chi connectivity index (χ4n) is 2.52. The Morgan fingerprint density at radius 1 is 0.786 bits per heavy atom. The van der Waals surface area contributed by atoms with E-state index in [1.165, 1.54) is 14.2 Å². The van der Waals surface area contributed by atoms with Gasteiger partial charge in [0.15, 0.2) is 0 Å². The summed E-state index contributed by atoms with van der Waals surface area (Å²) < 4.78 is 9.17. The lowest BCUT2D eigenvalue weighted by Gasteiger charge is -2.08. The van der Waals surface area contributed by atoms with E-state index in [1.54, 1.807) is 12.2 Å². The van der Waals surface area contributed by atoms with E-state index in [2.05, 4.69) is 9.47 Å². The Morgan fingerprint density at radius 3 is 1.46 bits per heavy atom. The van der Waals surface area contributed by atoms with Crippen LogP contribution in [-0.2, 0) is 19.1 Å². The normalized spacial score (nSPS) is 11.0. The van der Waals surface area contributed by atoms with E-state index in [0.29, 0.717) is 0 Å². The molecule has 1 N–H and O–H groups in total. The Bertz CT molecular complexity index is 767. The van der Waals surface area contributed by atoms with Crippen LogP contribution in [0.15, 0.2) is 60.7 Å². The standard InChI is InChI=1S/C22H23BO5/c1-27-21(24)7-3-5-17-9-13-19(14-10-17)23(26)20-15-11-18(12-16-20)6-4-8-22(25)28-2/h3-6,9-16,26H,7-8H2,1-2H3/b5-3+,6-4+.